The van der Waals surface area contributed by atoms with Crippen LogP contribution in [0.25, 0.3) is 10.9 Å². The molecule has 1 N–H and O–H groups in total. The maximum Gasteiger partial charge on any atom is 0.280 e. The van der Waals surface area contributed by atoms with E-state index < -0.39 is 12.2 Å². The molecule has 6 heteroatoms. The monoisotopic (exact) mass is 346 g/mol. The summed E-state index contributed by atoms with van der Waals surface area (Å²) in [5.74, 6) is -0.488. The van der Waals surface area contributed by atoms with Gasteiger partial charge in [-0.25, -0.2) is 18.2 Å². The molecule has 108 valence electrons. The second kappa shape index (κ2) is 5.99. The highest BCUT2D eigenvalue weighted by molar-refractivity contribution is 9.10. The largest absolute Gasteiger partial charge is 0.384 e. The van der Waals surface area contributed by atoms with Gasteiger partial charge in [0.05, 0.1) is 15.4 Å². The Labute approximate surface area is 123 Å². The Morgan fingerprint density at radius 1 is 1.35 bits per heavy atom. The van der Waals surface area contributed by atoms with Crippen molar-refractivity contribution < 1.29 is 13.2 Å². The molecule has 0 amide bonds. The molecule has 0 bridgehead atoms. The van der Waals surface area contributed by atoms with Crippen molar-refractivity contribution in [1.82, 2.24) is 4.98 Å². The third-order valence-corrected chi connectivity index (χ3v) is 3.55. The first kappa shape index (κ1) is 15.1. The van der Waals surface area contributed by atoms with Crippen molar-refractivity contribution in [3.05, 3.63) is 33.7 Å². The summed E-state index contributed by atoms with van der Waals surface area (Å²) in [6.07, 6.45) is -1.88. The number of fused-ring (bicyclic) bond motifs is 1. The van der Waals surface area contributed by atoms with Crippen LogP contribution in [0, 0.1) is 12.7 Å². The first-order valence-electron chi connectivity index (χ1n) is 6.27. The van der Waals surface area contributed by atoms with Crippen LogP contribution < -0.4 is 5.32 Å². The molecule has 0 unspecified atom stereocenters. The van der Waals surface area contributed by atoms with Gasteiger partial charge in [-0.2, -0.15) is 0 Å². The number of halogens is 4. The Balaban J connectivity index is 2.77. The Hall–Kier alpha value is -1.30. The molecule has 2 rings (SSSR count). The van der Waals surface area contributed by atoms with Crippen molar-refractivity contribution in [1.29, 1.82) is 0 Å². The smallest absolute Gasteiger partial charge is 0.280 e. The molecule has 0 aliphatic heterocycles. The van der Waals surface area contributed by atoms with Gasteiger partial charge in [-0.15, -0.1) is 0 Å². The van der Waals surface area contributed by atoms with E-state index in [9.17, 15) is 13.2 Å². The molecular formula is C14H14BrF3N2. The SMILES string of the molecule is CCCNc1cc(C(F)F)nc2c(C)cc(Br)c(F)c12. The van der Waals surface area contributed by atoms with E-state index in [0.717, 1.165) is 6.42 Å². The van der Waals surface area contributed by atoms with E-state index in [4.69, 9.17) is 0 Å². The first-order chi connectivity index (χ1) is 9.45. The minimum absolute atomic E-state index is 0.245. The molecule has 1 heterocycles. The van der Waals surface area contributed by atoms with Gasteiger partial charge in [-0.3, -0.25) is 0 Å². The summed E-state index contributed by atoms with van der Waals surface area (Å²) >= 11 is 3.14. The topological polar surface area (TPSA) is 24.9 Å². The van der Waals surface area contributed by atoms with E-state index >= 15 is 0 Å². The molecule has 0 saturated heterocycles. The molecule has 20 heavy (non-hydrogen) atoms. The lowest BCUT2D eigenvalue weighted by Crippen LogP contribution is -2.05. The zero-order chi connectivity index (χ0) is 14.9. The second-order valence-electron chi connectivity index (χ2n) is 4.54. The summed E-state index contributed by atoms with van der Waals surface area (Å²) in [5, 5.41) is 3.24. The van der Waals surface area contributed by atoms with Crippen molar-refractivity contribution in [2.75, 3.05) is 11.9 Å². The van der Waals surface area contributed by atoms with E-state index in [-0.39, 0.29) is 16.6 Å². The van der Waals surface area contributed by atoms with Crippen molar-refractivity contribution >= 4 is 32.5 Å². The highest BCUT2D eigenvalue weighted by Crippen LogP contribution is 2.34. The first-order valence-corrected chi connectivity index (χ1v) is 7.06. The summed E-state index contributed by atoms with van der Waals surface area (Å²) < 4.78 is 40.4. The molecule has 0 radical (unpaired) electrons. The van der Waals surface area contributed by atoms with Gasteiger partial charge in [0.15, 0.2) is 0 Å². The van der Waals surface area contributed by atoms with E-state index in [1.54, 1.807) is 13.0 Å². The highest BCUT2D eigenvalue weighted by atomic mass is 79.9. The van der Waals surface area contributed by atoms with Gasteiger partial charge in [0, 0.05) is 12.2 Å². The lowest BCUT2D eigenvalue weighted by atomic mass is 10.1. The van der Waals surface area contributed by atoms with Crippen molar-refractivity contribution in [2.24, 2.45) is 0 Å². The molecular weight excluding hydrogens is 333 g/mol. The van der Waals surface area contributed by atoms with Crippen molar-refractivity contribution in [3.8, 4) is 0 Å². The predicted octanol–water partition coefficient (Wildman–Crippen LogP) is 5.20. The third-order valence-electron chi connectivity index (χ3n) is 2.97. The maximum atomic E-state index is 14.3. The van der Waals surface area contributed by atoms with Crippen LogP contribution in [0.1, 0.15) is 31.0 Å². The third kappa shape index (κ3) is 2.75. The van der Waals surface area contributed by atoms with E-state index in [2.05, 4.69) is 26.2 Å². The summed E-state index contributed by atoms with van der Waals surface area (Å²) in [7, 11) is 0. The molecule has 0 spiro atoms. The van der Waals surface area contributed by atoms with Crippen LogP contribution in [0.3, 0.4) is 0 Å². The summed E-state index contributed by atoms with van der Waals surface area (Å²) in [6.45, 7) is 4.24. The number of pyridine rings is 1. The van der Waals surface area contributed by atoms with Crippen LogP contribution in [0.4, 0.5) is 18.9 Å². The molecule has 0 fully saturated rings. The molecule has 2 nitrogen and oxygen atoms in total. The molecule has 1 aromatic carbocycles. The summed E-state index contributed by atoms with van der Waals surface area (Å²) in [5.41, 5.74) is 0.924. The minimum Gasteiger partial charge on any atom is -0.384 e. The van der Waals surface area contributed by atoms with Gasteiger partial charge < -0.3 is 5.32 Å². The van der Waals surface area contributed by atoms with Crippen LogP contribution in [-0.4, -0.2) is 11.5 Å². The highest BCUT2D eigenvalue weighted by Gasteiger charge is 2.18. The number of hydrogen-bond acceptors (Lipinski definition) is 2. The fourth-order valence-corrected chi connectivity index (χ4v) is 2.57. The number of anilines is 1. The lowest BCUT2D eigenvalue weighted by Gasteiger charge is -2.14. The van der Waals surface area contributed by atoms with Crippen LogP contribution in [0.15, 0.2) is 16.6 Å². The quantitative estimate of drug-likeness (QED) is 0.822. The molecule has 0 aliphatic rings. The van der Waals surface area contributed by atoms with E-state index in [1.165, 1.54) is 6.07 Å². The van der Waals surface area contributed by atoms with Gasteiger partial charge >= 0.3 is 0 Å². The molecule has 2 aromatic rings. The normalized spacial score (nSPS) is 11.3. The fourth-order valence-electron chi connectivity index (χ4n) is 2.02. The fraction of sp³-hybridized carbons (Fsp3) is 0.357. The van der Waals surface area contributed by atoms with Crippen LogP contribution in [-0.2, 0) is 0 Å². The predicted molar refractivity (Wildman–Crippen MR) is 77.9 cm³/mol. The standard InChI is InChI=1S/C14H14BrF3N2/c1-3-4-19-9-6-10(14(17)18)20-13-7(2)5-8(15)12(16)11(9)13/h5-6,14H,3-4H2,1-2H3,(H,19,20). The number of hydrogen-bond donors (Lipinski definition) is 1. The average molecular weight is 347 g/mol. The molecule has 1 aromatic heterocycles. The van der Waals surface area contributed by atoms with Crippen LogP contribution >= 0.6 is 15.9 Å². The van der Waals surface area contributed by atoms with Crippen LogP contribution in [0.2, 0.25) is 0 Å². The summed E-state index contributed by atoms with van der Waals surface area (Å²) in [4.78, 5) is 3.89. The number of aromatic nitrogens is 1. The average Bonchev–Trinajstić information content (AvgIpc) is 2.41. The Bertz CT molecular complexity index is 644. The molecule has 0 aliphatic carbocycles. The molecule has 0 saturated carbocycles. The molecule has 0 atom stereocenters. The van der Waals surface area contributed by atoms with E-state index in [0.29, 0.717) is 22.3 Å². The number of nitrogens with zero attached hydrogens (tertiary/aromatic N) is 1. The Morgan fingerprint density at radius 3 is 2.65 bits per heavy atom. The minimum atomic E-state index is -2.69. The van der Waals surface area contributed by atoms with Gasteiger partial charge in [0.1, 0.15) is 11.5 Å². The second-order valence-corrected chi connectivity index (χ2v) is 5.39. The Kier molecular flexibility index (Phi) is 4.52. The van der Waals surface area contributed by atoms with Crippen molar-refractivity contribution in [3.63, 3.8) is 0 Å². The number of rotatable bonds is 4. The van der Waals surface area contributed by atoms with Gasteiger partial charge in [-0.1, -0.05) is 6.92 Å². The van der Waals surface area contributed by atoms with Gasteiger partial charge in [0.2, 0.25) is 0 Å². The maximum absolute atomic E-state index is 14.3. The van der Waals surface area contributed by atoms with Crippen LogP contribution in [0.5, 0.6) is 0 Å². The summed E-state index contributed by atoms with van der Waals surface area (Å²) in [6, 6.07) is 2.77. The number of nitrogens with one attached hydrogen (secondary N) is 1. The zero-order valence-electron chi connectivity index (χ0n) is 11.1. The van der Waals surface area contributed by atoms with Gasteiger partial charge in [-0.05, 0) is 47.0 Å². The number of aryl methyl sites for hydroxylation is 1. The Morgan fingerprint density at radius 2 is 2.05 bits per heavy atom. The van der Waals surface area contributed by atoms with Gasteiger partial charge in [0.25, 0.3) is 6.43 Å². The van der Waals surface area contributed by atoms with Crippen molar-refractivity contribution in [2.45, 2.75) is 26.7 Å². The lowest BCUT2D eigenvalue weighted by molar-refractivity contribution is 0.146. The zero-order valence-corrected chi connectivity index (χ0v) is 12.7. The number of alkyl halides is 2. The number of benzene rings is 1. The van der Waals surface area contributed by atoms with E-state index in [1.807, 2.05) is 6.92 Å².